The standard InChI is InChI=1S/C15H13BrN2OS/c1-2-19-12-5-3-4-11(9-12)17-15-18-13-8-10(16)6-7-14(13)20-15/h3-9H,2H2,1H3,(H,17,18). The first-order chi connectivity index (χ1) is 9.74. The number of nitrogens with zero attached hydrogens (tertiary/aromatic N) is 1. The molecule has 3 nitrogen and oxygen atoms in total. The van der Waals surface area contributed by atoms with E-state index >= 15 is 0 Å². The van der Waals surface area contributed by atoms with E-state index in [1.165, 1.54) is 0 Å². The summed E-state index contributed by atoms with van der Waals surface area (Å²) in [5.41, 5.74) is 1.97. The van der Waals surface area contributed by atoms with E-state index in [0.29, 0.717) is 6.61 Å². The number of hydrogen-bond donors (Lipinski definition) is 1. The van der Waals surface area contributed by atoms with Gasteiger partial charge in [-0.1, -0.05) is 33.3 Å². The minimum atomic E-state index is 0.665. The van der Waals surface area contributed by atoms with E-state index in [1.54, 1.807) is 11.3 Å². The van der Waals surface area contributed by atoms with Crippen LogP contribution in [0.3, 0.4) is 0 Å². The van der Waals surface area contributed by atoms with Crippen LogP contribution in [0.25, 0.3) is 10.2 Å². The molecule has 3 aromatic rings. The van der Waals surface area contributed by atoms with Gasteiger partial charge >= 0.3 is 0 Å². The van der Waals surface area contributed by atoms with Crippen molar-refractivity contribution in [1.29, 1.82) is 0 Å². The first-order valence-corrected chi connectivity index (χ1v) is 7.91. The summed E-state index contributed by atoms with van der Waals surface area (Å²) in [4.78, 5) is 4.58. The quantitative estimate of drug-likeness (QED) is 0.703. The molecule has 1 aromatic heterocycles. The maximum Gasteiger partial charge on any atom is 0.188 e. The topological polar surface area (TPSA) is 34.1 Å². The highest BCUT2D eigenvalue weighted by molar-refractivity contribution is 9.10. The number of nitrogens with one attached hydrogen (secondary N) is 1. The van der Waals surface area contributed by atoms with Crippen LogP contribution < -0.4 is 10.1 Å². The fourth-order valence-electron chi connectivity index (χ4n) is 1.91. The number of ether oxygens (including phenoxy) is 1. The third-order valence-electron chi connectivity index (χ3n) is 2.75. The van der Waals surface area contributed by atoms with Gasteiger partial charge in [0.25, 0.3) is 0 Å². The third-order valence-corrected chi connectivity index (χ3v) is 4.19. The van der Waals surface area contributed by atoms with E-state index in [0.717, 1.165) is 31.3 Å². The number of benzene rings is 2. The zero-order valence-corrected chi connectivity index (χ0v) is 13.3. The van der Waals surface area contributed by atoms with Crippen LogP contribution in [0.4, 0.5) is 10.8 Å². The van der Waals surface area contributed by atoms with E-state index in [-0.39, 0.29) is 0 Å². The van der Waals surface area contributed by atoms with Gasteiger partial charge in [0, 0.05) is 16.2 Å². The Hall–Kier alpha value is -1.59. The van der Waals surface area contributed by atoms with E-state index in [4.69, 9.17) is 4.74 Å². The van der Waals surface area contributed by atoms with Gasteiger partial charge in [-0.15, -0.1) is 0 Å². The van der Waals surface area contributed by atoms with Gasteiger partial charge in [-0.2, -0.15) is 0 Å². The monoisotopic (exact) mass is 348 g/mol. The lowest BCUT2D eigenvalue weighted by atomic mass is 10.3. The molecule has 3 rings (SSSR count). The van der Waals surface area contributed by atoms with Crippen molar-refractivity contribution < 1.29 is 4.74 Å². The molecule has 0 spiro atoms. The van der Waals surface area contributed by atoms with Crippen LogP contribution in [-0.4, -0.2) is 11.6 Å². The Morgan fingerprint density at radius 3 is 3.00 bits per heavy atom. The van der Waals surface area contributed by atoms with Crippen LogP contribution in [0.2, 0.25) is 0 Å². The number of anilines is 2. The van der Waals surface area contributed by atoms with Crippen LogP contribution in [0.15, 0.2) is 46.9 Å². The molecule has 0 aliphatic rings. The minimum absolute atomic E-state index is 0.665. The molecule has 0 atom stereocenters. The van der Waals surface area contributed by atoms with Crippen molar-refractivity contribution in [3.8, 4) is 5.75 Å². The van der Waals surface area contributed by atoms with E-state index in [9.17, 15) is 0 Å². The van der Waals surface area contributed by atoms with Gasteiger partial charge < -0.3 is 10.1 Å². The summed E-state index contributed by atoms with van der Waals surface area (Å²) < 4.78 is 7.70. The van der Waals surface area contributed by atoms with E-state index in [2.05, 4.69) is 32.3 Å². The van der Waals surface area contributed by atoms with Crippen molar-refractivity contribution in [2.75, 3.05) is 11.9 Å². The van der Waals surface area contributed by atoms with Crippen molar-refractivity contribution in [1.82, 2.24) is 4.98 Å². The summed E-state index contributed by atoms with van der Waals surface area (Å²) in [6.07, 6.45) is 0. The molecule has 0 aliphatic heterocycles. The predicted molar refractivity (Wildman–Crippen MR) is 88.2 cm³/mol. The number of thiazole rings is 1. The smallest absolute Gasteiger partial charge is 0.188 e. The molecular weight excluding hydrogens is 336 g/mol. The fraction of sp³-hybridized carbons (Fsp3) is 0.133. The van der Waals surface area contributed by atoms with Gasteiger partial charge in [-0.25, -0.2) is 4.98 Å². The Morgan fingerprint density at radius 2 is 2.15 bits per heavy atom. The number of hydrogen-bond acceptors (Lipinski definition) is 4. The van der Waals surface area contributed by atoms with Crippen LogP contribution >= 0.6 is 27.3 Å². The SMILES string of the molecule is CCOc1cccc(Nc2nc3cc(Br)ccc3s2)c1. The second-order valence-electron chi connectivity index (χ2n) is 4.22. The Balaban J connectivity index is 1.87. The Kier molecular flexibility index (Phi) is 3.89. The molecule has 102 valence electrons. The Morgan fingerprint density at radius 1 is 1.25 bits per heavy atom. The van der Waals surface area contributed by atoms with Crippen LogP contribution in [-0.2, 0) is 0 Å². The van der Waals surface area contributed by atoms with Gasteiger partial charge in [0.05, 0.1) is 16.8 Å². The van der Waals surface area contributed by atoms with Crippen molar-refractivity contribution in [3.63, 3.8) is 0 Å². The summed E-state index contributed by atoms with van der Waals surface area (Å²) >= 11 is 5.10. The molecular formula is C15H13BrN2OS. The lowest BCUT2D eigenvalue weighted by Crippen LogP contribution is -1.93. The summed E-state index contributed by atoms with van der Waals surface area (Å²) in [7, 11) is 0. The lowest BCUT2D eigenvalue weighted by molar-refractivity contribution is 0.340. The largest absolute Gasteiger partial charge is 0.494 e. The second kappa shape index (κ2) is 5.81. The number of rotatable bonds is 4. The molecule has 0 saturated carbocycles. The van der Waals surface area contributed by atoms with Crippen LogP contribution in [0.1, 0.15) is 6.92 Å². The van der Waals surface area contributed by atoms with Crippen LogP contribution in [0.5, 0.6) is 5.75 Å². The first kappa shape index (κ1) is 13.4. The average Bonchev–Trinajstić information content (AvgIpc) is 2.81. The van der Waals surface area contributed by atoms with Crippen molar-refractivity contribution in [3.05, 3.63) is 46.9 Å². The Bertz CT molecular complexity index is 742. The van der Waals surface area contributed by atoms with Crippen molar-refractivity contribution in [2.45, 2.75) is 6.92 Å². The predicted octanol–water partition coefficient (Wildman–Crippen LogP) is 5.20. The summed E-state index contributed by atoms with van der Waals surface area (Å²) in [6, 6.07) is 14.0. The van der Waals surface area contributed by atoms with Crippen molar-refractivity contribution >= 4 is 48.3 Å². The molecule has 0 saturated heterocycles. The maximum atomic E-state index is 5.50. The molecule has 5 heteroatoms. The number of fused-ring (bicyclic) bond motifs is 1. The first-order valence-electron chi connectivity index (χ1n) is 6.30. The van der Waals surface area contributed by atoms with Crippen LogP contribution in [0, 0.1) is 0 Å². The highest BCUT2D eigenvalue weighted by Gasteiger charge is 2.05. The lowest BCUT2D eigenvalue weighted by Gasteiger charge is -2.06. The second-order valence-corrected chi connectivity index (χ2v) is 6.16. The highest BCUT2D eigenvalue weighted by Crippen LogP contribution is 2.30. The zero-order valence-electron chi connectivity index (χ0n) is 10.9. The molecule has 0 amide bonds. The maximum absolute atomic E-state index is 5.50. The zero-order chi connectivity index (χ0) is 13.9. The molecule has 0 unspecified atom stereocenters. The summed E-state index contributed by atoms with van der Waals surface area (Å²) in [6.45, 7) is 2.64. The summed E-state index contributed by atoms with van der Waals surface area (Å²) in [5, 5.41) is 4.20. The average molecular weight is 349 g/mol. The van der Waals surface area contributed by atoms with Gasteiger partial charge in [-0.3, -0.25) is 0 Å². The number of halogens is 1. The molecule has 1 heterocycles. The van der Waals surface area contributed by atoms with Gasteiger partial charge in [-0.05, 0) is 37.3 Å². The van der Waals surface area contributed by atoms with Gasteiger partial charge in [0.1, 0.15) is 5.75 Å². The highest BCUT2D eigenvalue weighted by atomic mass is 79.9. The fourth-order valence-corrected chi connectivity index (χ4v) is 3.12. The van der Waals surface area contributed by atoms with E-state index in [1.807, 2.05) is 43.3 Å². The molecule has 2 aromatic carbocycles. The molecule has 0 radical (unpaired) electrons. The normalized spacial score (nSPS) is 10.7. The van der Waals surface area contributed by atoms with Gasteiger partial charge in [0.2, 0.25) is 0 Å². The molecule has 20 heavy (non-hydrogen) atoms. The Labute approximate surface area is 129 Å². The molecule has 0 aliphatic carbocycles. The third kappa shape index (κ3) is 2.94. The molecule has 0 fully saturated rings. The van der Waals surface area contributed by atoms with E-state index < -0.39 is 0 Å². The minimum Gasteiger partial charge on any atom is -0.494 e. The van der Waals surface area contributed by atoms with Crippen molar-refractivity contribution in [2.24, 2.45) is 0 Å². The molecule has 1 N–H and O–H groups in total. The van der Waals surface area contributed by atoms with Gasteiger partial charge in [0.15, 0.2) is 5.13 Å². The molecule has 0 bridgehead atoms. The summed E-state index contributed by atoms with van der Waals surface area (Å²) in [5.74, 6) is 0.862. The number of aromatic nitrogens is 1.